The molecule has 2 heterocycles. The molecule has 0 radical (unpaired) electrons. The molecule has 2 aromatic rings. The number of carbonyl (C=O) groups is 1. The average Bonchev–Trinajstić information content (AvgIpc) is 3.14. The highest BCUT2D eigenvalue weighted by atomic mass is 16.5. The van der Waals surface area contributed by atoms with Gasteiger partial charge in [-0.3, -0.25) is 4.79 Å². The fourth-order valence-electron chi connectivity index (χ4n) is 3.37. The molecule has 0 saturated carbocycles. The van der Waals surface area contributed by atoms with E-state index in [0.29, 0.717) is 29.7 Å². The number of nitrogens with two attached hydrogens (primary N) is 1. The molecule has 1 saturated heterocycles. The van der Waals surface area contributed by atoms with Crippen LogP contribution in [0.4, 0.5) is 5.82 Å². The number of anilines is 1. The van der Waals surface area contributed by atoms with Crippen molar-refractivity contribution in [3.8, 4) is 11.4 Å². The van der Waals surface area contributed by atoms with Crippen LogP contribution in [0.3, 0.4) is 0 Å². The van der Waals surface area contributed by atoms with E-state index in [9.17, 15) is 4.79 Å². The number of nitrogens with one attached hydrogen (secondary N) is 1. The standard InChI is InChI=1S/C20H27N5O2/c1-27-11-3-9-25-10-7-15(14-25)13-23-20(26)17-5-2-4-16(12-17)19-22-8-6-18(21)24-19/h2,4-6,8,12,15H,3,7,9-11,13-14H2,1H3,(H,23,26)(H2,21,22,24)/t15-/m0/s1. The molecule has 1 amide bonds. The van der Waals surface area contributed by atoms with Crippen LogP contribution in [-0.4, -0.2) is 60.7 Å². The SMILES string of the molecule is COCCCN1CC[C@@H](CNC(=O)c2cccc(-c3nccc(N)n3)c2)C1. The average molecular weight is 369 g/mol. The highest BCUT2D eigenvalue weighted by Gasteiger charge is 2.22. The third-order valence-electron chi connectivity index (χ3n) is 4.80. The molecule has 1 aromatic heterocycles. The molecule has 1 aliphatic heterocycles. The van der Waals surface area contributed by atoms with Gasteiger partial charge in [-0.05, 0) is 43.5 Å². The molecule has 0 bridgehead atoms. The van der Waals surface area contributed by atoms with Gasteiger partial charge in [-0.1, -0.05) is 12.1 Å². The van der Waals surface area contributed by atoms with Crippen LogP contribution in [0, 0.1) is 5.92 Å². The van der Waals surface area contributed by atoms with Gasteiger partial charge >= 0.3 is 0 Å². The Morgan fingerprint density at radius 2 is 2.30 bits per heavy atom. The Hall–Kier alpha value is -2.51. The summed E-state index contributed by atoms with van der Waals surface area (Å²) in [5.41, 5.74) is 7.10. The van der Waals surface area contributed by atoms with Gasteiger partial charge in [0.1, 0.15) is 5.82 Å². The lowest BCUT2D eigenvalue weighted by molar-refractivity contribution is 0.0947. The van der Waals surface area contributed by atoms with Crippen molar-refractivity contribution >= 4 is 11.7 Å². The van der Waals surface area contributed by atoms with Crippen LogP contribution in [0.25, 0.3) is 11.4 Å². The van der Waals surface area contributed by atoms with Crippen LogP contribution >= 0.6 is 0 Å². The molecule has 27 heavy (non-hydrogen) atoms. The third kappa shape index (κ3) is 5.48. The quantitative estimate of drug-likeness (QED) is 0.690. The van der Waals surface area contributed by atoms with Gasteiger partial charge in [0, 0.05) is 50.7 Å². The first kappa shape index (κ1) is 19.3. The van der Waals surface area contributed by atoms with E-state index < -0.39 is 0 Å². The summed E-state index contributed by atoms with van der Waals surface area (Å²) in [5.74, 6) is 1.36. The van der Waals surface area contributed by atoms with Gasteiger partial charge < -0.3 is 20.7 Å². The topological polar surface area (TPSA) is 93.4 Å². The smallest absolute Gasteiger partial charge is 0.251 e. The summed E-state index contributed by atoms with van der Waals surface area (Å²) in [4.78, 5) is 23.4. The zero-order chi connectivity index (χ0) is 19.1. The van der Waals surface area contributed by atoms with Gasteiger partial charge in [0.2, 0.25) is 0 Å². The summed E-state index contributed by atoms with van der Waals surface area (Å²) in [6.45, 7) is 4.66. The number of rotatable bonds is 8. The van der Waals surface area contributed by atoms with E-state index in [1.807, 2.05) is 12.1 Å². The minimum absolute atomic E-state index is 0.0708. The summed E-state index contributed by atoms with van der Waals surface area (Å²) in [5, 5.41) is 3.06. The Kier molecular flexibility index (Phi) is 6.73. The second kappa shape index (κ2) is 9.43. The number of amides is 1. The van der Waals surface area contributed by atoms with Crippen molar-refractivity contribution in [2.45, 2.75) is 12.8 Å². The lowest BCUT2D eigenvalue weighted by Gasteiger charge is -2.16. The van der Waals surface area contributed by atoms with E-state index in [1.54, 1.807) is 31.5 Å². The van der Waals surface area contributed by atoms with Gasteiger partial charge in [-0.2, -0.15) is 0 Å². The number of benzene rings is 1. The summed E-state index contributed by atoms with van der Waals surface area (Å²) >= 11 is 0. The summed E-state index contributed by atoms with van der Waals surface area (Å²) < 4.78 is 5.11. The highest BCUT2D eigenvalue weighted by Crippen LogP contribution is 2.18. The molecule has 0 aliphatic carbocycles. The molecule has 0 unspecified atom stereocenters. The van der Waals surface area contributed by atoms with Crippen LogP contribution in [0.2, 0.25) is 0 Å². The van der Waals surface area contributed by atoms with Crippen LogP contribution in [0.15, 0.2) is 36.5 Å². The van der Waals surface area contributed by atoms with Gasteiger partial charge in [0.05, 0.1) is 0 Å². The van der Waals surface area contributed by atoms with Gasteiger partial charge in [-0.25, -0.2) is 9.97 Å². The summed E-state index contributed by atoms with van der Waals surface area (Å²) in [7, 11) is 1.73. The molecule has 1 fully saturated rings. The highest BCUT2D eigenvalue weighted by molar-refractivity contribution is 5.95. The van der Waals surface area contributed by atoms with Crippen molar-refractivity contribution in [2.75, 3.05) is 45.6 Å². The fourth-order valence-corrected chi connectivity index (χ4v) is 3.37. The monoisotopic (exact) mass is 369 g/mol. The molecule has 7 nitrogen and oxygen atoms in total. The van der Waals surface area contributed by atoms with Crippen molar-refractivity contribution in [1.82, 2.24) is 20.2 Å². The van der Waals surface area contributed by atoms with Crippen LogP contribution < -0.4 is 11.1 Å². The number of methoxy groups -OCH3 is 1. The predicted molar refractivity (Wildman–Crippen MR) is 105 cm³/mol. The minimum Gasteiger partial charge on any atom is -0.385 e. The molecule has 7 heteroatoms. The van der Waals surface area contributed by atoms with Crippen LogP contribution in [0.1, 0.15) is 23.2 Å². The summed E-state index contributed by atoms with van der Waals surface area (Å²) in [6.07, 6.45) is 3.78. The lowest BCUT2D eigenvalue weighted by atomic mass is 10.1. The Bertz CT molecular complexity index is 768. The molecule has 1 atom stereocenters. The van der Waals surface area contributed by atoms with Crippen molar-refractivity contribution in [2.24, 2.45) is 5.92 Å². The number of hydrogen-bond acceptors (Lipinski definition) is 6. The third-order valence-corrected chi connectivity index (χ3v) is 4.80. The zero-order valence-electron chi connectivity index (χ0n) is 15.7. The molecule has 144 valence electrons. The van der Waals surface area contributed by atoms with Crippen molar-refractivity contribution in [3.63, 3.8) is 0 Å². The number of carbonyl (C=O) groups excluding carboxylic acids is 1. The van der Waals surface area contributed by atoms with Crippen molar-refractivity contribution in [1.29, 1.82) is 0 Å². The Morgan fingerprint density at radius 1 is 1.41 bits per heavy atom. The van der Waals surface area contributed by atoms with E-state index in [1.165, 1.54) is 0 Å². The second-order valence-corrected chi connectivity index (χ2v) is 6.90. The van der Waals surface area contributed by atoms with E-state index in [2.05, 4.69) is 20.2 Å². The molecule has 3 N–H and O–H groups in total. The van der Waals surface area contributed by atoms with Crippen LogP contribution in [-0.2, 0) is 4.74 Å². The maximum Gasteiger partial charge on any atom is 0.251 e. The number of ether oxygens (including phenoxy) is 1. The van der Waals surface area contributed by atoms with Crippen molar-refractivity contribution in [3.05, 3.63) is 42.1 Å². The van der Waals surface area contributed by atoms with E-state index in [4.69, 9.17) is 10.5 Å². The fraction of sp³-hybridized carbons (Fsp3) is 0.450. The molecule has 0 spiro atoms. The maximum absolute atomic E-state index is 12.5. The van der Waals surface area contributed by atoms with Crippen molar-refractivity contribution < 1.29 is 9.53 Å². The Labute approximate surface area is 159 Å². The van der Waals surface area contributed by atoms with Gasteiger partial charge in [-0.15, -0.1) is 0 Å². The second-order valence-electron chi connectivity index (χ2n) is 6.90. The van der Waals surface area contributed by atoms with E-state index in [0.717, 1.165) is 44.6 Å². The molecular formula is C20H27N5O2. The number of aromatic nitrogens is 2. The Balaban J connectivity index is 1.52. The first-order valence-electron chi connectivity index (χ1n) is 9.34. The predicted octanol–water partition coefficient (Wildman–Crippen LogP) is 1.81. The van der Waals surface area contributed by atoms with Gasteiger partial charge in [0.15, 0.2) is 5.82 Å². The summed E-state index contributed by atoms with van der Waals surface area (Å²) in [6, 6.07) is 8.96. The number of likely N-dealkylation sites (tertiary alicyclic amines) is 1. The lowest BCUT2D eigenvalue weighted by Crippen LogP contribution is -2.31. The van der Waals surface area contributed by atoms with E-state index >= 15 is 0 Å². The Morgan fingerprint density at radius 3 is 3.11 bits per heavy atom. The number of hydrogen-bond donors (Lipinski definition) is 2. The number of nitrogen functional groups attached to an aromatic ring is 1. The van der Waals surface area contributed by atoms with Crippen LogP contribution in [0.5, 0.6) is 0 Å². The van der Waals surface area contributed by atoms with E-state index in [-0.39, 0.29) is 5.91 Å². The number of nitrogens with zero attached hydrogens (tertiary/aromatic N) is 3. The molecule has 1 aromatic carbocycles. The maximum atomic E-state index is 12.5. The minimum atomic E-state index is -0.0708. The molecule has 1 aliphatic rings. The largest absolute Gasteiger partial charge is 0.385 e. The normalized spacial score (nSPS) is 17.1. The first-order valence-corrected chi connectivity index (χ1v) is 9.34. The van der Waals surface area contributed by atoms with Gasteiger partial charge in [0.25, 0.3) is 5.91 Å². The molecule has 3 rings (SSSR count). The first-order chi connectivity index (χ1) is 13.2. The molecular weight excluding hydrogens is 342 g/mol. The zero-order valence-corrected chi connectivity index (χ0v) is 15.7.